The fourth-order valence-corrected chi connectivity index (χ4v) is 2.66. The topological polar surface area (TPSA) is 56.1 Å². The summed E-state index contributed by atoms with van der Waals surface area (Å²) < 4.78 is 0. The van der Waals surface area contributed by atoms with Crippen molar-refractivity contribution in [3.63, 3.8) is 0 Å². The predicted molar refractivity (Wildman–Crippen MR) is 76.5 cm³/mol. The van der Waals surface area contributed by atoms with Crippen LogP contribution in [0.3, 0.4) is 0 Å². The first kappa shape index (κ1) is 16.0. The van der Waals surface area contributed by atoms with Gasteiger partial charge in [0.05, 0.1) is 17.5 Å². The van der Waals surface area contributed by atoms with Crippen LogP contribution in [0.4, 0.5) is 0 Å². The third-order valence-corrected chi connectivity index (χ3v) is 3.96. The van der Waals surface area contributed by atoms with Crippen LogP contribution < -0.4 is 5.32 Å². The van der Waals surface area contributed by atoms with Crippen LogP contribution in [0, 0.1) is 16.7 Å². The highest BCUT2D eigenvalue weighted by atomic mass is 16.2. The summed E-state index contributed by atoms with van der Waals surface area (Å²) in [5.41, 5.74) is -0.220. The van der Waals surface area contributed by atoms with Gasteiger partial charge in [-0.3, -0.25) is 9.69 Å². The van der Waals surface area contributed by atoms with Crippen LogP contribution in [-0.2, 0) is 4.79 Å². The summed E-state index contributed by atoms with van der Waals surface area (Å²) >= 11 is 0. The zero-order valence-corrected chi connectivity index (χ0v) is 12.5. The summed E-state index contributed by atoms with van der Waals surface area (Å²) in [6, 6.07) is 2.40. The maximum Gasteiger partial charge on any atom is 0.237 e. The van der Waals surface area contributed by atoms with Gasteiger partial charge >= 0.3 is 0 Å². The van der Waals surface area contributed by atoms with E-state index in [4.69, 9.17) is 5.26 Å². The third-order valence-electron chi connectivity index (χ3n) is 3.96. The second kappa shape index (κ2) is 7.49. The molecule has 0 radical (unpaired) electrons. The normalized spacial score (nSPS) is 20.8. The number of rotatable bonds is 6. The zero-order valence-electron chi connectivity index (χ0n) is 12.5. The van der Waals surface area contributed by atoms with E-state index in [1.165, 1.54) is 6.42 Å². The summed E-state index contributed by atoms with van der Waals surface area (Å²) in [5, 5.41) is 11.7. The molecular formula is C15H27N3O. The lowest BCUT2D eigenvalue weighted by Crippen LogP contribution is -2.48. The van der Waals surface area contributed by atoms with E-state index in [0.29, 0.717) is 0 Å². The van der Waals surface area contributed by atoms with Crippen LogP contribution in [0.15, 0.2) is 0 Å². The van der Waals surface area contributed by atoms with E-state index in [2.05, 4.69) is 16.3 Å². The Kier molecular flexibility index (Phi) is 6.30. The first-order valence-corrected chi connectivity index (χ1v) is 7.37. The summed E-state index contributed by atoms with van der Waals surface area (Å²) in [6.45, 7) is 5.97. The predicted octanol–water partition coefficient (Wildman–Crippen LogP) is 2.31. The molecule has 1 amide bonds. The number of piperidine rings is 1. The SMILES string of the molecule is CNC(=O)C1CCCCN1CCCCC(C)(C)C#N. The van der Waals surface area contributed by atoms with E-state index >= 15 is 0 Å². The van der Waals surface area contributed by atoms with Crippen LogP contribution in [-0.4, -0.2) is 37.0 Å². The molecule has 0 saturated carbocycles. The van der Waals surface area contributed by atoms with Crippen molar-refractivity contribution in [3.05, 3.63) is 0 Å². The highest BCUT2D eigenvalue weighted by Gasteiger charge is 2.27. The number of hydrogen-bond donors (Lipinski definition) is 1. The van der Waals surface area contributed by atoms with Crippen LogP contribution in [0.25, 0.3) is 0 Å². The average Bonchev–Trinajstić information content (AvgIpc) is 2.43. The van der Waals surface area contributed by atoms with Crippen molar-refractivity contribution in [2.24, 2.45) is 5.41 Å². The number of likely N-dealkylation sites (N-methyl/N-ethyl adjacent to an activating group) is 1. The highest BCUT2D eigenvalue weighted by Crippen LogP contribution is 2.23. The molecule has 0 aromatic heterocycles. The van der Waals surface area contributed by atoms with Gasteiger partial charge in [0.15, 0.2) is 0 Å². The molecule has 0 aromatic carbocycles. The molecule has 0 spiro atoms. The third kappa shape index (κ3) is 5.20. The number of carbonyl (C=O) groups is 1. The number of carbonyl (C=O) groups excluding carboxylic acids is 1. The van der Waals surface area contributed by atoms with Crippen LogP contribution in [0.5, 0.6) is 0 Å². The molecule has 0 aliphatic carbocycles. The minimum atomic E-state index is -0.220. The zero-order chi connectivity index (χ0) is 14.3. The number of nitrogens with one attached hydrogen (secondary N) is 1. The lowest BCUT2D eigenvalue weighted by Gasteiger charge is -2.34. The van der Waals surface area contributed by atoms with Gasteiger partial charge in [-0.15, -0.1) is 0 Å². The standard InChI is InChI=1S/C15H27N3O/c1-15(2,12-16)9-5-7-11-18-10-6-4-8-13(18)14(19)17-3/h13H,4-11H2,1-3H3,(H,17,19). The van der Waals surface area contributed by atoms with Crippen molar-refractivity contribution in [1.29, 1.82) is 5.26 Å². The number of amides is 1. The molecule has 1 unspecified atom stereocenters. The summed E-state index contributed by atoms with van der Waals surface area (Å²) in [4.78, 5) is 14.1. The van der Waals surface area contributed by atoms with Crippen LogP contribution in [0.1, 0.15) is 52.4 Å². The second-order valence-corrected chi connectivity index (χ2v) is 6.11. The maximum atomic E-state index is 11.8. The lowest BCUT2D eigenvalue weighted by atomic mass is 9.89. The minimum absolute atomic E-state index is 0.0581. The maximum absolute atomic E-state index is 11.8. The van der Waals surface area contributed by atoms with Crippen LogP contribution in [0.2, 0.25) is 0 Å². The Bertz CT molecular complexity index is 333. The van der Waals surface area contributed by atoms with Gasteiger partial charge < -0.3 is 5.32 Å². The molecule has 1 aliphatic heterocycles. The van der Waals surface area contributed by atoms with Crippen molar-refractivity contribution in [2.75, 3.05) is 20.1 Å². The van der Waals surface area contributed by atoms with Gasteiger partial charge in [0.25, 0.3) is 0 Å². The molecule has 0 bridgehead atoms. The fraction of sp³-hybridized carbons (Fsp3) is 0.867. The quantitative estimate of drug-likeness (QED) is 0.750. The Hall–Kier alpha value is -1.08. The second-order valence-electron chi connectivity index (χ2n) is 6.11. The molecule has 1 aliphatic rings. The number of nitriles is 1. The Morgan fingerprint density at radius 3 is 2.79 bits per heavy atom. The van der Waals surface area contributed by atoms with E-state index < -0.39 is 0 Å². The monoisotopic (exact) mass is 265 g/mol. The molecule has 1 heterocycles. The van der Waals surface area contributed by atoms with Gasteiger partial charge in [0, 0.05) is 7.05 Å². The Labute approximate surface area is 117 Å². The van der Waals surface area contributed by atoms with Crippen molar-refractivity contribution in [2.45, 2.75) is 58.4 Å². The molecule has 1 atom stereocenters. The molecule has 1 fully saturated rings. The fourth-order valence-electron chi connectivity index (χ4n) is 2.66. The molecule has 0 aromatic rings. The van der Waals surface area contributed by atoms with Crippen molar-refractivity contribution < 1.29 is 4.79 Å². The largest absolute Gasteiger partial charge is 0.358 e. The number of unbranched alkanes of at least 4 members (excludes halogenated alkanes) is 1. The van der Waals surface area contributed by atoms with Gasteiger partial charge in [0.1, 0.15) is 0 Å². The Balaban J connectivity index is 2.34. The van der Waals surface area contributed by atoms with E-state index in [1.807, 2.05) is 13.8 Å². The number of nitrogens with zero attached hydrogens (tertiary/aromatic N) is 2. The molecule has 108 valence electrons. The number of likely N-dealkylation sites (tertiary alicyclic amines) is 1. The lowest BCUT2D eigenvalue weighted by molar-refractivity contribution is -0.127. The van der Waals surface area contributed by atoms with Crippen molar-refractivity contribution in [1.82, 2.24) is 10.2 Å². The minimum Gasteiger partial charge on any atom is -0.358 e. The summed E-state index contributed by atoms with van der Waals surface area (Å²) in [6.07, 6.45) is 6.37. The van der Waals surface area contributed by atoms with E-state index in [1.54, 1.807) is 7.05 Å². The first-order valence-electron chi connectivity index (χ1n) is 7.37. The van der Waals surface area contributed by atoms with Crippen LogP contribution >= 0.6 is 0 Å². The molecule has 4 heteroatoms. The van der Waals surface area contributed by atoms with Gasteiger partial charge in [0.2, 0.25) is 5.91 Å². The summed E-state index contributed by atoms with van der Waals surface area (Å²) in [7, 11) is 1.71. The van der Waals surface area contributed by atoms with Crippen molar-refractivity contribution >= 4 is 5.91 Å². The smallest absolute Gasteiger partial charge is 0.237 e. The number of hydrogen-bond acceptors (Lipinski definition) is 3. The molecule has 19 heavy (non-hydrogen) atoms. The molecule has 4 nitrogen and oxygen atoms in total. The Morgan fingerprint density at radius 1 is 1.42 bits per heavy atom. The molecular weight excluding hydrogens is 238 g/mol. The molecule has 1 saturated heterocycles. The van der Waals surface area contributed by atoms with Gasteiger partial charge in [-0.2, -0.15) is 5.26 Å². The summed E-state index contributed by atoms with van der Waals surface area (Å²) in [5.74, 6) is 0.150. The Morgan fingerprint density at radius 2 is 2.16 bits per heavy atom. The first-order chi connectivity index (χ1) is 9.00. The van der Waals surface area contributed by atoms with Crippen molar-refractivity contribution in [3.8, 4) is 6.07 Å². The van der Waals surface area contributed by atoms with Gasteiger partial charge in [-0.1, -0.05) is 12.8 Å². The van der Waals surface area contributed by atoms with E-state index in [-0.39, 0.29) is 17.4 Å². The van der Waals surface area contributed by atoms with E-state index in [0.717, 1.165) is 45.2 Å². The molecule has 1 N–H and O–H groups in total. The highest BCUT2D eigenvalue weighted by molar-refractivity contribution is 5.81. The molecule has 1 rings (SSSR count). The van der Waals surface area contributed by atoms with Gasteiger partial charge in [-0.25, -0.2) is 0 Å². The van der Waals surface area contributed by atoms with Gasteiger partial charge in [-0.05, 0) is 52.6 Å². The average molecular weight is 265 g/mol. The van der Waals surface area contributed by atoms with E-state index in [9.17, 15) is 4.79 Å².